The van der Waals surface area contributed by atoms with Crippen molar-refractivity contribution in [2.75, 3.05) is 10.6 Å². The number of aryl methyl sites for hydroxylation is 1. The van der Waals surface area contributed by atoms with Gasteiger partial charge in [-0.05, 0) is 48.0 Å². The molecule has 0 saturated heterocycles. The number of hydrogen-bond donors (Lipinski definition) is 2. The van der Waals surface area contributed by atoms with Crippen molar-refractivity contribution in [1.29, 1.82) is 0 Å². The van der Waals surface area contributed by atoms with Crippen LogP contribution in [0.5, 0.6) is 0 Å². The lowest BCUT2D eigenvalue weighted by Crippen LogP contribution is -2.31. The summed E-state index contributed by atoms with van der Waals surface area (Å²) in [5.74, 6) is 0.275. The van der Waals surface area contributed by atoms with Crippen molar-refractivity contribution in [2.24, 2.45) is 0 Å². The summed E-state index contributed by atoms with van der Waals surface area (Å²) < 4.78 is 1.59. The van der Waals surface area contributed by atoms with Gasteiger partial charge in [-0.25, -0.2) is 0 Å². The lowest BCUT2D eigenvalue weighted by Gasteiger charge is -2.27. The van der Waals surface area contributed by atoms with E-state index in [0.29, 0.717) is 17.2 Å². The van der Waals surface area contributed by atoms with Crippen molar-refractivity contribution in [2.45, 2.75) is 19.9 Å². The molecule has 3 aromatic rings. The highest BCUT2D eigenvalue weighted by atomic mass is 16.1. The smallest absolute Gasteiger partial charge is 0.255 e. The summed E-state index contributed by atoms with van der Waals surface area (Å²) in [6.07, 6.45) is 3.40. The van der Waals surface area contributed by atoms with Crippen LogP contribution in [0.3, 0.4) is 0 Å². The van der Waals surface area contributed by atoms with Crippen LogP contribution in [0.4, 0.5) is 11.6 Å². The van der Waals surface area contributed by atoms with Gasteiger partial charge in [0.1, 0.15) is 6.04 Å². The van der Waals surface area contributed by atoms with E-state index in [0.717, 1.165) is 16.8 Å². The molecule has 0 aliphatic carbocycles. The number of carbonyl (C=O) groups excluding carboxylic acids is 1. The van der Waals surface area contributed by atoms with Crippen LogP contribution in [-0.4, -0.2) is 31.1 Å². The molecule has 0 spiro atoms. The highest BCUT2D eigenvalue weighted by Gasteiger charge is 2.34. The van der Waals surface area contributed by atoms with Crippen molar-refractivity contribution in [1.82, 2.24) is 25.2 Å². The average Bonchev–Trinajstić information content (AvgIpc) is 3.11. The number of pyridine rings is 1. The number of anilines is 2. The highest BCUT2D eigenvalue weighted by molar-refractivity contribution is 6.06. The van der Waals surface area contributed by atoms with Crippen LogP contribution >= 0.6 is 0 Å². The van der Waals surface area contributed by atoms with Gasteiger partial charge in [0.25, 0.3) is 5.91 Å². The Morgan fingerprint density at radius 1 is 1.19 bits per heavy atom. The summed E-state index contributed by atoms with van der Waals surface area (Å²) in [6.45, 7) is 3.84. The number of tetrazole rings is 1. The second-order valence-corrected chi connectivity index (χ2v) is 6.12. The number of fused-ring (bicyclic) bond motifs is 1. The Kier molecular flexibility index (Phi) is 3.92. The van der Waals surface area contributed by atoms with Gasteiger partial charge in [-0.15, -0.1) is 0 Å². The van der Waals surface area contributed by atoms with E-state index in [1.54, 1.807) is 17.1 Å². The lowest BCUT2D eigenvalue weighted by molar-refractivity contribution is -0.113. The molecule has 1 unspecified atom stereocenters. The summed E-state index contributed by atoms with van der Waals surface area (Å²) in [6, 6.07) is 10.9. The van der Waals surface area contributed by atoms with Gasteiger partial charge in [0.15, 0.2) is 0 Å². The molecule has 0 saturated carbocycles. The van der Waals surface area contributed by atoms with Gasteiger partial charge < -0.3 is 10.6 Å². The Bertz CT molecular complexity index is 976. The van der Waals surface area contributed by atoms with E-state index in [1.165, 1.54) is 0 Å². The molecule has 8 heteroatoms. The molecule has 0 bridgehead atoms. The molecular formula is C18H17N7O. The zero-order chi connectivity index (χ0) is 18.1. The third kappa shape index (κ3) is 2.81. The Morgan fingerprint density at radius 2 is 2.00 bits per heavy atom. The summed E-state index contributed by atoms with van der Waals surface area (Å²) in [5.41, 5.74) is 3.93. The molecular weight excluding hydrogens is 330 g/mol. The Balaban J connectivity index is 1.74. The molecule has 1 aliphatic heterocycles. The van der Waals surface area contributed by atoms with E-state index in [9.17, 15) is 4.79 Å². The summed E-state index contributed by atoms with van der Waals surface area (Å²) in [5, 5.41) is 17.8. The topological polar surface area (TPSA) is 97.6 Å². The fourth-order valence-electron chi connectivity index (χ4n) is 2.99. The number of nitrogens with zero attached hydrogens (tertiary/aromatic N) is 5. The number of allylic oxidation sites excluding steroid dienone is 1. The van der Waals surface area contributed by atoms with Gasteiger partial charge in [0, 0.05) is 23.8 Å². The number of benzene rings is 1. The van der Waals surface area contributed by atoms with Crippen molar-refractivity contribution < 1.29 is 4.79 Å². The van der Waals surface area contributed by atoms with Crippen LogP contribution in [0, 0.1) is 6.92 Å². The number of aromatic nitrogens is 5. The zero-order valence-electron chi connectivity index (χ0n) is 14.3. The number of nitrogens with one attached hydrogen (secondary N) is 2. The number of hydrogen-bond acceptors (Lipinski definition) is 6. The van der Waals surface area contributed by atoms with Crippen molar-refractivity contribution in [3.63, 3.8) is 0 Å². The molecule has 3 heterocycles. The lowest BCUT2D eigenvalue weighted by atomic mass is 9.96. The van der Waals surface area contributed by atoms with Crippen molar-refractivity contribution in [3.05, 3.63) is 71.2 Å². The molecule has 1 aromatic carbocycles. The fourth-order valence-corrected chi connectivity index (χ4v) is 2.99. The summed E-state index contributed by atoms with van der Waals surface area (Å²) in [4.78, 5) is 17.2. The van der Waals surface area contributed by atoms with E-state index < -0.39 is 6.04 Å². The second-order valence-electron chi connectivity index (χ2n) is 6.12. The van der Waals surface area contributed by atoms with Gasteiger partial charge in [-0.1, -0.05) is 28.9 Å². The van der Waals surface area contributed by atoms with Crippen LogP contribution in [0.2, 0.25) is 0 Å². The first kappa shape index (κ1) is 15.9. The average molecular weight is 347 g/mol. The molecule has 4 rings (SSSR count). The fraction of sp³-hybridized carbons (Fsp3) is 0.167. The molecule has 1 aliphatic rings. The third-order valence-electron chi connectivity index (χ3n) is 4.27. The van der Waals surface area contributed by atoms with Crippen LogP contribution in [0.25, 0.3) is 0 Å². The maximum Gasteiger partial charge on any atom is 0.255 e. The van der Waals surface area contributed by atoms with Gasteiger partial charge >= 0.3 is 0 Å². The number of amides is 1. The first-order valence-electron chi connectivity index (χ1n) is 8.17. The monoisotopic (exact) mass is 347 g/mol. The quantitative estimate of drug-likeness (QED) is 0.754. The number of rotatable bonds is 3. The largest absolute Gasteiger partial charge is 0.326 e. The van der Waals surface area contributed by atoms with Gasteiger partial charge in [-0.2, -0.15) is 4.68 Å². The minimum absolute atomic E-state index is 0.214. The van der Waals surface area contributed by atoms with E-state index >= 15 is 0 Å². The van der Waals surface area contributed by atoms with Gasteiger partial charge in [0.05, 0.1) is 5.57 Å². The van der Waals surface area contributed by atoms with Crippen LogP contribution in [0.1, 0.15) is 24.1 Å². The van der Waals surface area contributed by atoms with Gasteiger partial charge in [-0.3, -0.25) is 9.78 Å². The van der Waals surface area contributed by atoms with Crippen LogP contribution < -0.4 is 10.6 Å². The molecule has 0 radical (unpaired) electrons. The standard InChI is InChI=1S/C18H17N7O/c1-11-5-7-14(8-6-11)21-17(26)15-12(2)20-18-22-23-24-25(18)16(15)13-4-3-9-19-10-13/h3-10,16H,1-2H3,(H,21,26)(H,20,22,24). The summed E-state index contributed by atoms with van der Waals surface area (Å²) >= 11 is 0. The Labute approximate surface area is 150 Å². The zero-order valence-corrected chi connectivity index (χ0v) is 14.3. The van der Waals surface area contributed by atoms with Crippen LogP contribution in [0.15, 0.2) is 60.1 Å². The van der Waals surface area contributed by atoms with E-state index in [4.69, 9.17) is 0 Å². The first-order valence-corrected chi connectivity index (χ1v) is 8.17. The number of carbonyl (C=O) groups is 1. The van der Waals surface area contributed by atoms with E-state index in [2.05, 4.69) is 31.1 Å². The highest BCUT2D eigenvalue weighted by Crippen LogP contribution is 2.34. The molecule has 26 heavy (non-hydrogen) atoms. The third-order valence-corrected chi connectivity index (χ3v) is 4.27. The molecule has 1 atom stereocenters. The predicted octanol–water partition coefficient (Wildman–Crippen LogP) is 2.30. The minimum atomic E-state index is -0.458. The van der Waals surface area contributed by atoms with Crippen molar-refractivity contribution >= 4 is 17.5 Å². The Morgan fingerprint density at radius 3 is 2.73 bits per heavy atom. The second kappa shape index (κ2) is 6.40. The van der Waals surface area contributed by atoms with E-state index in [1.807, 2.05) is 50.2 Å². The maximum absolute atomic E-state index is 13.1. The van der Waals surface area contributed by atoms with Crippen molar-refractivity contribution in [3.8, 4) is 0 Å². The molecule has 2 N–H and O–H groups in total. The molecule has 130 valence electrons. The Hall–Kier alpha value is -3.55. The first-order chi connectivity index (χ1) is 12.6. The predicted molar refractivity (Wildman–Crippen MR) is 96.3 cm³/mol. The minimum Gasteiger partial charge on any atom is -0.326 e. The molecule has 8 nitrogen and oxygen atoms in total. The molecule has 2 aromatic heterocycles. The van der Waals surface area contributed by atoms with E-state index in [-0.39, 0.29) is 5.91 Å². The molecule has 0 fully saturated rings. The normalized spacial score (nSPS) is 16.0. The molecule has 1 amide bonds. The maximum atomic E-state index is 13.1. The SMILES string of the molecule is CC1=C(C(=O)Nc2ccc(C)cc2)C(c2cccnc2)n2nnnc2N1. The van der Waals surface area contributed by atoms with Gasteiger partial charge in [0.2, 0.25) is 5.95 Å². The summed E-state index contributed by atoms with van der Waals surface area (Å²) in [7, 11) is 0. The van der Waals surface area contributed by atoms with Crippen LogP contribution in [-0.2, 0) is 4.79 Å².